The first kappa shape index (κ1) is 30.5. The first-order valence-corrected chi connectivity index (χ1v) is 16.7. The summed E-state index contributed by atoms with van der Waals surface area (Å²) in [5.74, 6) is 1.82. The third-order valence-electron chi connectivity index (χ3n) is 11.7. The summed E-state index contributed by atoms with van der Waals surface area (Å²) in [6, 6.07) is 0. The van der Waals surface area contributed by atoms with Crippen LogP contribution in [-0.4, -0.2) is 43.1 Å². The molecule has 0 aromatic rings. The summed E-state index contributed by atoms with van der Waals surface area (Å²) in [4.78, 5) is 24.5. The van der Waals surface area contributed by atoms with Gasteiger partial charge in [0.15, 0.2) is 6.10 Å². The van der Waals surface area contributed by atoms with Crippen LogP contribution in [0.25, 0.3) is 0 Å². The molecular formula is C33H49IO6. The number of ether oxygens (including phenoxy) is 4. The molecule has 0 amide bonds. The van der Waals surface area contributed by atoms with Crippen molar-refractivity contribution in [2.45, 2.75) is 124 Å². The summed E-state index contributed by atoms with van der Waals surface area (Å²) in [6.45, 7) is 12.9. The van der Waals surface area contributed by atoms with Crippen LogP contribution in [0, 0.1) is 40.4 Å². The molecule has 224 valence electrons. The number of allylic oxidation sites excluding steroid dienone is 3. The molecule has 0 aromatic heterocycles. The zero-order valence-corrected chi connectivity index (χ0v) is 27.4. The third-order valence-corrected chi connectivity index (χ3v) is 13.3. The van der Waals surface area contributed by atoms with Gasteiger partial charge in [-0.25, -0.2) is 0 Å². The monoisotopic (exact) mass is 668 g/mol. The van der Waals surface area contributed by atoms with E-state index in [1.54, 1.807) is 9.15 Å². The Morgan fingerprint density at radius 2 is 1.77 bits per heavy atom. The van der Waals surface area contributed by atoms with Crippen LogP contribution in [0.15, 0.2) is 21.3 Å². The highest BCUT2D eigenvalue weighted by molar-refractivity contribution is 14.1. The van der Waals surface area contributed by atoms with Crippen molar-refractivity contribution in [1.82, 2.24) is 0 Å². The minimum absolute atomic E-state index is 0.0306. The van der Waals surface area contributed by atoms with Crippen LogP contribution in [-0.2, 0) is 28.5 Å². The van der Waals surface area contributed by atoms with Gasteiger partial charge in [0.25, 0.3) is 0 Å². The number of halogens is 1. The molecule has 1 aliphatic heterocycles. The summed E-state index contributed by atoms with van der Waals surface area (Å²) in [5, 5.41) is 0. The van der Waals surface area contributed by atoms with Crippen LogP contribution in [0.5, 0.6) is 0 Å². The molecule has 0 bridgehead atoms. The molecule has 40 heavy (non-hydrogen) atoms. The molecule has 0 N–H and O–H groups in total. The highest BCUT2D eigenvalue weighted by Crippen LogP contribution is 2.65. The topological polar surface area (TPSA) is 71.1 Å². The molecule has 3 fully saturated rings. The average molecular weight is 669 g/mol. The van der Waals surface area contributed by atoms with Crippen molar-refractivity contribution in [1.29, 1.82) is 0 Å². The van der Waals surface area contributed by atoms with Gasteiger partial charge in [-0.3, -0.25) is 9.59 Å². The lowest BCUT2D eigenvalue weighted by Crippen LogP contribution is -2.52. The van der Waals surface area contributed by atoms with E-state index >= 15 is 0 Å². The van der Waals surface area contributed by atoms with Crippen LogP contribution in [0.3, 0.4) is 0 Å². The third kappa shape index (κ3) is 5.57. The number of carbonyl (C=O) groups is 2. The summed E-state index contributed by atoms with van der Waals surface area (Å²) >= 11 is 2.60. The fraction of sp³-hybridized carbons (Fsp3) is 0.818. The van der Waals surface area contributed by atoms with E-state index in [9.17, 15) is 9.59 Å². The fourth-order valence-corrected chi connectivity index (χ4v) is 9.88. The quantitative estimate of drug-likeness (QED) is 0.159. The van der Waals surface area contributed by atoms with Crippen LogP contribution < -0.4 is 0 Å². The van der Waals surface area contributed by atoms with Gasteiger partial charge in [0, 0.05) is 18.3 Å². The second kappa shape index (κ2) is 12.0. The first-order valence-electron chi connectivity index (χ1n) is 15.7. The smallest absolute Gasteiger partial charge is 0.310 e. The van der Waals surface area contributed by atoms with E-state index in [4.69, 9.17) is 18.9 Å². The van der Waals surface area contributed by atoms with Gasteiger partial charge in [0.2, 0.25) is 6.29 Å². The minimum atomic E-state index is -0.876. The van der Waals surface area contributed by atoms with E-state index < -0.39 is 18.4 Å². The second-order valence-electron chi connectivity index (χ2n) is 13.7. The zero-order chi connectivity index (χ0) is 28.8. The lowest BCUT2D eigenvalue weighted by molar-refractivity contribution is -0.267. The minimum Gasteiger partial charge on any atom is -0.456 e. The van der Waals surface area contributed by atoms with Crippen molar-refractivity contribution >= 4 is 34.5 Å². The fourth-order valence-electron chi connectivity index (χ4n) is 8.96. The van der Waals surface area contributed by atoms with Crippen molar-refractivity contribution < 1.29 is 28.5 Å². The van der Waals surface area contributed by atoms with E-state index in [2.05, 4.69) is 62.4 Å². The molecule has 5 rings (SSSR count). The molecule has 1 saturated heterocycles. The van der Waals surface area contributed by atoms with Gasteiger partial charge in [-0.05, 0) is 107 Å². The number of esters is 2. The van der Waals surface area contributed by atoms with Gasteiger partial charge < -0.3 is 18.9 Å². The number of fused-ring (bicyclic) bond motifs is 5. The van der Waals surface area contributed by atoms with Crippen molar-refractivity contribution in [2.24, 2.45) is 40.4 Å². The first-order chi connectivity index (χ1) is 19.0. The maximum atomic E-state index is 12.8. The maximum Gasteiger partial charge on any atom is 0.310 e. The predicted octanol–water partition coefficient (Wildman–Crippen LogP) is 7.54. The van der Waals surface area contributed by atoms with Crippen molar-refractivity contribution in [3.63, 3.8) is 0 Å². The van der Waals surface area contributed by atoms with E-state index in [1.165, 1.54) is 32.6 Å². The highest BCUT2D eigenvalue weighted by atomic mass is 127. The zero-order valence-electron chi connectivity index (χ0n) is 25.2. The summed E-state index contributed by atoms with van der Waals surface area (Å²) in [5.41, 5.74) is 2.27. The molecule has 0 aromatic carbocycles. The Bertz CT molecular complexity index is 1040. The highest BCUT2D eigenvalue weighted by Gasteiger charge is 2.56. The number of rotatable bonds is 7. The Labute approximate surface area is 254 Å². The lowest BCUT2D eigenvalue weighted by Gasteiger charge is -2.57. The largest absolute Gasteiger partial charge is 0.456 e. The van der Waals surface area contributed by atoms with Gasteiger partial charge in [-0.2, -0.15) is 0 Å². The number of carbonyl (C=O) groups excluding carboxylic acids is 2. The van der Waals surface area contributed by atoms with Crippen molar-refractivity contribution in [3.8, 4) is 0 Å². The van der Waals surface area contributed by atoms with Gasteiger partial charge in [-0.15, -0.1) is 0 Å². The van der Waals surface area contributed by atoms with Gasteiger partial charge >= 0.3 is 11.9 Å². The molecule has 6 nitrogen and oxygen atoms in total. The van der Waals surface area contributed by atoms with Gasteiger partial charge in [0.1, 0.15) is 0 Å². The molecule has 1 heterocycles. The Morgan fingerprint density at radius 1 is 1.02 bits per heavy atom. The molecule has 4 aliphatic carbocycles. The number of hydrogen-bond acceptors (Lipinski definition) is 6. The Morgan fingerprint density at radius 3 is 2.50 bits per heavy atom. The van der Waals surface area contributed by atoms with Crippen molar-refractivity contribution in [3.05, 3.63) is 21.3 Å². The standard InChI is InChI=1S/C33H49IO6/c1-7-27-19(2)20(3)30(38-21(4)35)31(39-27)40-29(36)14-17-37-23-12-15-32(5)22(18-23)8-9-24-25-10-11-28(34)33(25,6)16-13-26(24)32/h8,11,19-20,23-27,30-31H,7,9-10,12-18H2,1-6H3/t19-,20-,23-,24-,25-,26?,27+,30+,31-,32-,33-/m0/s1. The molecular weight excluding hydrogens is 619 g/mol. The second-order valence-corrected chi connectivity index (χ2v) is 14.9. The van der Waals surface area contributed by atoms with Crippen LogP contribution in [0.2, 0.25) is 0 Å². The molecule has 0 spiro atoms. The summed E-state index contributed by atoms with van der Waals surface area (Å²) in [6.07, 6.45) is 13.0. The predicted molar refractivity (Wildman–Crippen MR) is 162 cm³/mol. The van der Waals surface area contributed by atoms with Gasteiger partial charge in [-0.1, -0.05) is 52.3 Å². The van der Waals surface area contributed by atoms with Crippen molar-refractivity contribution in [2.75, 3.05) is 6.61 Å². The molecule has 2 saturated carbocycles. The molecule has 11 atom stereocenters. The van der Waals surface area contributed by atoms with Crippen LogP contribution in [0.1, 0.15) is 99.3 Å². The molecule has 5 aliphatic rings. The number of hydrogen-bond donors (Lipinski definition) is 0. The van der Waals surface area contributed by atoms with Gasteiger partial charge in [0.05, 0.1) is 25.2 Å². The Hall–Kier alpha value is -0.930. The Kier molecular flexibility index (Phi) is 9.15. The normalized spacial score (nSPS) is 44.4. The molecule has 0 radical (unpaired) electrons. The average Bonchev–Trinajstić information content (AvgIpc) is 3.22. The van der Waals surface area contributed by atoms with E-state index in [1.807, 2.05) is 6.92 Å². The summed E-state index contributed by atoms with van der Waals surface area (Å²) < 4.78 is 25.2. The van der Waals surface area contributed by atoms with E-state index in [0.717, 1.165) is 43.4 Å². The van der Waals surface area contributed by atoms with E-state index in [-0.39, 0.29) is 41.8 Å². The molecule has 7 heteroatoms. The lowest BCUT2D eigenvalue weighted by atomic mass is 9.48. The van der Waals surface area contributed by atoms with E-state index in [0.29, 0.717) is 12.0 Å². The van der Waals surface area contributed by atoms with Crippen LogP contribution in [0.4, 0.5) is 0 Å². The maximum absolute atomic E-state index is 12.8. The van der Waals surface area contributed by atoms with Crippen LogP contribution >= 0.6 is 22.6 Å². The SMILES string of the molecule is CC[C@H]1O[C@@H](OC(=O)CCO[C@H]2CC[C@@]3(C)C(=CC[C@@H]4C3CC[C@]3(C)C(I)=CC[C@@H]43)C2)[C@H](OC(C)=O)[C@@H](C)[C@@H]1C. The summed E-state index contributed by atoms with van der Waals surface area (Å²) in [7, 11) is 0. The Balaban J connectivity index is 1.13. The molecule has 1 unspecified atom stereocenters.